The molecule has 0 aliphatic carbocycles. The molecule has 0 radical (unpaired) electrons. The van der Waals surface area contributed by atoms with Crippen molar-refractivity contribution in [3.05, 3.63) is 41.4 Å². The van der Waals surface area contributed by atoms with Crippen LogP contribution in [0.25, 0.3) is 10.6 Å². The van der Waals surface area contributed by atoms with Gasteiger partial charge in [0.25, 0.3) is 0 Å². The maximum absolute atomic E-state index is 5.93. The van der Waals surface area contributed by atoms with E-state index in [-0.39, 0.29) is 6.04 Å². The highest BCUT2D eigenvalue weighted by atomic mass is 32.1. The minimum absolute atomic E-state index is 0.254. The molecule has 2 N–H and O–H groups in total. The SMILES string of the molecule is CCC(N)Cc1cnc(-c2ccccc2)s1. The largest absolute Gasteiger partial charge is 0.327 e. The molecule has 2 rings (SSSR count). The number of thiazole rings is 1. The molecule has 0 saturated carbocycles. The summed E-state index contributed by atoms with van der Waals surface area (Å²) in [6, 6.07) is 10.5. The van der Waals surface area contributed by atoms with E-state index in [9.17, 15) is 0 Å². The predicted molar refractivity (Wildman–Crippen MR) is 69.5 cm³/mol. The molecule has 3 heteroatoms. The van der Waals surface area contributed by atoms with Crippen LogP contribution in [0.2, 0.25) is 0 Å². The van der Waals surface area contributed by atoms with Crippen LogP contribution in [0.3, 0.4) is 0 Å². The van der Waals surface area contributed by atoms with Gasteiger partial charge in [-0.2, -0.15) is 0 Å². The van der Waals surface area contributed by atoms with Crippen molar-refractivity contribution >= 4 is 11.3 Å². The Morgan fingerprint density at radius 1 is 1.31 bits per heavy atom. The lowest BCUT2D eigenvalue weighted by atomic mass is 10.1. The highest BCUT2D eigenvalue weighted by Gasteiger charge is 2.07. The molecule has 0 fully saturated rings. The lowest BCUT2D eigenvalue weighted by Crippen LogP contribution is -2.20. The quantitative estimate of drug-likeness (QED) is 0.879. The number of hydrogen-bond acceptors (Lipinski definition) is 3. The fourth-order valence-corrected chi connectivity index (χ4v) is 2.53. The molecule has 1 atom stereocenters. The molecule has 0 aliphatic heterocycles. The molecule has 1 heterocycles. The molecular formula is C13H16N2S. The summed E-state index contributed by atoms with van der Waals surface area (Å²) in [6.07, 6.45) is 3.89. The monoisotopic (exact) mass is 232 g/mol. The van der Waals surface area contributed by atoms with E-state index in [2.05, 4.69) is 24.0 Å². The van der Waals surface area contributed by atoms with Gasteiger partial charge >= 0.3 is 0 Å². The topological polar surface area (TPSA) is 38.9 Å². The van der Waals surface area contributed by atoms with Crippen LogP contribution < -0.4 is 5.73 Å². The molecule has 1 unspecified atom stereocenters. The van der Waals surface area contributed by atoms with E-state index in [4.69, 9.17) is 5.73 Å². The van der Waals surface area contributed by atoms with Crippen molar-refractivity contribution in [1.29, 1.82) is 0 Å². The maximum atomic E-state index is 5.93. The lowest BCUT2D eigenvalue weighted by molar-refractivity contribution is 0.651. The molecule has 16 heavy (non-hydrogen) atoms. The Morgan fingerprint density at radius 2 is 2.06 bits per heavy atom. The highest BCUT2D eigenvalue weighted by molar-refractivity contribution is 7.15. The van der Waals surface area contributed by atoms with E-state index < -0.39 is 0 Å². The third kappa shape index (κ3) is 2.68. The van der Waals surface area contributed by atoms with Gasteiger partial charge in [0.15, 0.2) is 0 Å². The van der Waals surface area contributed by atoms with E-state index >= 15 is 0 Å². The van der Waals surface area contributed by atoms with E-state index in [1.165, 1.54) is 10.4 Å². The first-order valence-electron chi connectivity index (χ1n) is 5.55. The first-order valence-corrected chi connectivity index (χ1v) is 6.37. The van der Waals surface area contributed by atoms with Crippen LogP contribution in [-0.2, 0) is 6.42 Å². The van der Waals surface area contributed by atoms with E-state index in [0.717, 1.165) is 17.8 Å². The van der Waals surface area contributed by atoms with Gasteiger partial charge in [0.2, 0.25) is 0 Å². The molecular weight excluding hydrogens is 216 g/mol. The van der Waals surface area contributed by atoms with Crippen molar-refractivity contribution in [2.45, 2.75) is 25.8 Å². The number of benzene rings is 1. The summed E-state index contributed by atoms with van der Waals surface area (Å²) in [7, 11) is 0. The number of hydrogen-bond donors (Lipinski definition) is 1. The Hall–Kier alpha value is -1.19. The van der Waals surface area contributed by atoms with E-state index in [0.29, 0.717) is 0 Å². The highest BCUT2D eigenvalue weighted by Crippen LogP contribution is 2.25. The Bertz CT molecular complexity index is 436. The first kappa shape index (κ1) is 11.3. The lowest BCUT2D eigenvalue weighted by Gasteiger charge is -2.04. The fourth-order valence-electron chi connectivity index (χ4n) is 1.52. The van der Waals surface area contributed by atoms with Crippen molar-refractivity contribution in [3.8, 4) is 10.6 Å². The maximum Gasteiger partial charge on any atom is 0.123 e. The van der Waals surface area contributed by atoms with Crippen LogP contribution in [0.4, 0.5) is 0 Å². The molecule has 0 saturated heterocycles. The zero-order chi connectivity index (χ0) is 11.4. The standard InChI is InChI=1S/C13H16N2S/c1-2-11(14)8-12-9-15-13(16-12)10-6-4-3-5-7-10/h3-7,9,11H,2,8,14H2,1H3. The van der Waals surface area contributed by atoms with Gasteiger partial charge in [0.05, 0.1) is 0 Å². The number of nitrogens with two attached hydrogens (primary N) is 1. The molecule has 0 amide bonds. The van der Waals surface area contributed by atoms with Crippen LogP contribution >= 0.6 is 11.3 Å². The third-order valence-electron chi connectivity index (χ3n) is 2.56. The zero-order valence-electron chi connectivity index (χ0n) is 9.39. The summed E-state index contributed by atoms with van der Waals surface area (Å²) in [5.74, 6) is 0. The Balaban J connectivity index is 2.14. The Labute approximate surface area is 100 Å². The summed E-state index contributed by atoms with van der Waals surface area (Å²) >= 11 is 1.74. The third-order valence-corrected chi connectivity index (χ3v) is 3.63. The van der Waals surface area contributed by atoms with Crippen LogP contribution in [0.5, 0.6) is 0 Å². The number of rotatable bonds is 4. The first-order chi connectivity index (χ1) is 7.79. The molecule has 1 aromatic carbocycles. The van der Waals surface area contributed by atoms with Gasteiger partial charge in [-0.05, 0) is 12.8 Å². The molecule has 0 aliphatic rings. The summed E-state index contributed by atoms with van der Waals surface area (Å²) in [4.78, 5) is 5.71. The normalized spacial score (nSPS) is 12.6. The minimum Gasteiger partial charge on any atom is -0.327 e. The average Bonchev–Trinajstić information content (AvgIpc) is 2.78. The second-order valence-corrected chi connectivity index (χ2v) is 4.99. The van der Waals surface area contributed by atoms with Crippen LogP contribution in [0, 0.1) is 0 Å². The number of aromatic nitrogens is 1. The Kier molecular flexibility index (Phi) is 3.70. The van der Waals surface area contributed by atoms with Crippen molar-refractivity contribution in [2.24, 2.45) is 5.73 Å². The molecule has 2 aromatic rings. The molecule has 2 nitrogen and oxygen atoms in total. The van der Waals surface area contributed by atoms with Crippen molar-refractivity contribution in [3.63, 3.8) is 0 Å². The van der Waals surface area contributed by atoms with Gasteiger partial charge in [0.1, 0.15) is 5.01 Å². The van der Waals surface area contributed by atoms with Crippen molar-refractivity contribution in [2.75, 3.05) is 0 Å². The van der Waals surface area contributed by atoms with E-state index in [1.807, 2.05) is 24.4 Å². The molecule has 0 bridgehead atoms. The summed E-state index contributed by atoms with van der Waals surface area (Å²) in [6.45, 7) is 2.11. The van der Waals surface area contributed by atoms with Gasteiger partial charge in [-0.15, -0.1) is 11.3 Å². The molecule has 0 spiro atoms. The summed E-state index contributed by atoms with van der Waals surface area (Å²) in [5, 5.41) is 1.08. The van der Waals surface area contributed by atoms with Gasteiger partial charge in [-0.3, -0.25) is 0 Å². The zero-order valence-corrected chi connectivity index (χ0v) is 10.2. The van der Waals surface area contributed by atoms with Gasteiger partial charge in [-0.1, -0.05) is 37.3 Å². The van der Waals surface area contributed by atoms with Crippen LogP contribution in [0.15, 0.2) is 36.5 Å². The summed E-state index contributed by atoms with van der Waals surface area (Å²) < 4.78 is 0. The number of nitrogens with zero attached hydrogens (tertiary/aromatic N) is 1. The smallest absolute Gasteiger partial charge is 0.123 e. The predicted octanol–water partition coefficient (Wildman–Crippen LogP) is 3.09. The summed E-state index contributed by atoms with van der Waals surface area (Å²) in [5.41, 5.74) is 7.12. The van der Waals surface area contributed by atoms with Crippen LogP contribution in [0.1, 0.15) is 18.2 Å². The Morgan fingerprint density at radius 3 is 2.75 bits per heavy atom. The molecule has 84 valence electrons. The fraction of sp³-hybridized carbons (Fsp3) is 0.308. The molecule has 1 aromatic heterocycles. The minimum atomic E-state index is 0.254. The van der Waals surface area contributed by atoms with Gasteiger partial charge in [0, 0.05) is 22.7 Å². The second-order valence-electron chi connectivity index (χ2n) is 3.87. The van der Waals surface area contributed by atoms with Gasteiger partial charge < -0.3 is 5.73 Å². The van der Waals surface area contributed by atoms with Crippen molar-refractivity contribution in [1.82, 2.24) is 4.98 Å². The van der Waals surface area contributed by atoms with Crippen molar-refractivity contribution < 1.29 is 0 Å². The van der Waals surface area contributed by atoms with Crippen LogP contribution in [-0.4, -0.2) is 11.0 Å². The second kappa shape index (κ2) is 5.23. The average molecular weight is 232 g/mol. The van der Waals surface area contributed by atoms with E-state index in [1.54, 1.807) is 11.3 Å². The van der Waals surface area contributed by atoms with Gasteiger partial charge in [-0.25, -0.2) is 4.98 Å².